The summed E-state index contributed by atoms with van der Waals surface area (Å²) in [6.07, 6.45) is 0.761. The predicted molar refractivity (Wildman–Crippen MR) is 99.8 cm³/mol. The molecule has 3 heteroatoms. The van der Waals surface area contributed by atoms with Gasteiger partial charge in [-0.2, -0.15) is 0 Å². The molecular weight excluding hydrogens is 296 g/mol. The molecule has 0 unspecified atom stereocenters. The van der Waals surface area contributed by atoms with Gasteiger partial charge in [-0.3, -0.25) is 9.89 Å². The normalized spacial score (nSPS) is 11.2. The Kier molecular flexibility index (Phi) is 4.43. The fraction of sp³-hybridized carbons (Fsp3) is 0.286. The highest BCUT2D eigenvalue weighted by molar-refractivity contribution is 5.64. The lowest BCUT2D eigenvalue weighted by atomic mass is 9.99. The van der Waals surface area contributed by atoms with Crippen LogP contribution >= 0.6 is 0 Å². The topological polar surface area (TPSA) is 37.8 Å². The van der Waals surface area contributed by atoms with E-state index in [0.717, 1.165) is 34.5 Å². The van der Waals surface area contributed by atoms with Crippen LogP contribution in [0.4, 0.5) is 0 Å². The molecule has 3 rings (SSSR count). The van der Waals surface area contributed by atoms with E-state index >= 15 is 0 Å². The summed E-state index contributed by atoms with van der Waals surface area (Å²) >= 11 is 0. The first-order valence-electron chi connectivity index (χ1n) is 8.43. The second-order valence-electron chi connectivity index (χ2n) is 6.91. The molecule has 1 aromatic heterocycles. The minimum Gasteiger partial charge on any atom is -0.290 e. The molecule has 0 spiro atoms. The Morgan fingerprint density at radius 2 is 1.67 bits per heavy atom. The van der Waals surface area contributed by atoms with Crippen molar-refractivity contribution in [1.29, 1.82) is 0 Å². The van der Waals surface area contributed by atoms with E-state index in [4.69, 9.17) is 0 Å². The SMILES string of the molecule is Cc1cccc(-c2[nH]n(-c3cccc(C)c3)c(=O)c2CC(C)C)c1. The lowest BCUT2D eigenvalue weighted by molar-refractivity contribution is 0.644. The van der Waals surface area contributed by atoms with Crippen molar-refractivity contribution < 1.29 is 0 Å². The van der Waals surface area contributed by atoms with E-state index in [2.05, 4.69) is 44.1 Å². The van der Waals surface area contributed by atoms with Crippen molar-refractivity contribution in [2.45, 2.75) is 34.1 Å². The third-order valence-corrected chi connectivity index (χ3v) is 4.17. The Labute approximate surface area is 143 Å². The second kappa shape index (κ2) is 6.52. The molecule has 0 saturated heterocycles. The summed E-state index contributed by atoms with van der Waals surface area (Å²) in [5.74, 6) is 0.419. The molecule has 2 aromatic carbocycles. The number of hydrogen-bond donors (Lipinski definition) is 1. The maximum Gasteiger partial charge on any atom is 0.275 e. The van der Waals surface area contributed by atoms with Gasteiger partial charge in [0.25, 0.3) is 5.56 Å². The zero-order valence-electron chi connectivity index (χ0n) is 14.8. The first kappa shape index (κ1) is 16.3. The van der Waals surface area contributed by atoms with E-state index < -0.39 is 0 Å². The summed E-state index contributed by atoms with van der Waals surface area (Å²) < 4.78 is 1.67. The molecule has 1 N–H and O–H groups in total. The quantitative estimate of drug-likeness (QED) is 0.746. The number of aromatic nitrogens is 2. The van der Waals surface area contributed by atoms with Crippen molar-refractivity contribution in [2.75, 3.05) is 0 Å². The van der Waals surface area contributed by atoms with E-state index in [1.807, 2.05) is 37.3 Å². The largest absolute Gasteiger partial charge is 0.290 e. The lowest BCUT2D eigenvalue weighted by Crippen LogP contribution is -2.18. The van der Waals surface area contributed by atoms with Crippen molar-refractivity contribution in [1.82, 2.24) is 9.78 Å². The Hall–Kier alpha value is -2.55. The predicted octanol–water partition coefficient (Wildman–Crippen LogP) is 4.65. The highest BCUT2D eigenvalue weighted by Crippen LogP contribution is 2.24. The number of aryl methyl sites for hydroxylation is 2. The summed E-state index contributed by atoms with van der Waals surface area (Å²) in [5.41, 5.74) is 6.10. The van der Waals surface area contributed by atoms with Gasteiger partial charge in [-0.1, -0.05) is 49.7 Å². The zero-order valence-corrected chi connectivity index (χ0v) is 14.8. The van der Waals surface area contributed by atoms with Crippen LogP contribution in [-0.2, 0) is 6.42 Å². The maximum atomic E-state index is 13.0. The molecule has 24 heavy (non-hydrogen) atoms. The fourth-order valence-electron chi connectivity index (χ4n) is 3.06. The van der Waals surface area contributed by atoms with Gasteiger partial charge < -0.3 is 0 Å². The fourth-order valence-corrected chi connectivity index (χ4v) is 3.06. The first-order chi connectivity index (χ1) is 11.5. The maximum absolute atomic E-state index is 13.0. The van der Waals surface area contributed by atoms with Gasteiger partial charge in [-0.15, -0.1) is 0 Å². The number of H-pyrrole nitrogens is 1. The van der Waals surface area contributed by atoms with Gasteiger partial charge in [-0.05, 0) is 49.9 Å². The Balaban J connectivity index is 2.21. The highest BCUT2D eigenvalue weighted by Gasteiger charge is 2.17. The van der Waals surface area contributed by atoms with Crippen molar-refractivity contribution in [3.63, 3.8) is 0 Å². The molecule has 124 valence electrons. The Bertz CT molecular complexity index is 916. The van der Waals surface area contributed by atoms with Gasteiger partial charge in [0.05, 0.1) is 11.4 Å². The van der Waals surface area contributed by atoms with E-state index in [9.17, 15) is 4.79 Å². The Morgan fingerprint density at radius 3 is 2.29 bits per heavy atom. The molecule has 0 radical (unpaired) electrons. The van der Waals surface area contributed by atoms with Crippen LogP contribution in [0, 0.1) is 19.8 Å². The molecule has 0 fully saturated rings. The van der Waals surface area contributed by atoms with Crippen LogP contribution in [0.1, 0.15) is 30.5 Å². The summed E-state index contributed by atoms with van der Waals surface area (Å²) in [7, 11) is 0. The number of aromatic amines is 1. The second-order valence-corrected chi connectivity index (χ2v) is 6.91. The lowest BCUT2D eigenvalue weighted by Gasteiger charge is -2.06. The number of benzene rings is 2. The first-order valence-corrected chi connectivity index (χ1v) is 8.43. The molecule has 0 atom stereocenters. The molecule has 0 amide bonds. The molecule has 0 aliphatic rings. The van der Waals surface area contributed by atoms with Gasteiger partial charge in [0, 0.05) is 11.1 Å². The minimum absolute atomic E-state index is 0.0470. The molecular formula is C21H24N2O. The van der Waals surface area contributed by atoms with Crippen molar-refractivity contribution in [2.24, 2.45) is 5.92 Å². The number of hydrogen-bond acceptors (Lipinski definition) is 1. The van der Waals surface area contributed by atoms with Gasteiger partial charge in [0.1, 0.15) is 0 Å². The molecule has 0 aliphatic carbocycles. The van der Waals surface area contributed by atoms with Gasteiger partial charge in [0.15, 0.2) is 0 Å². The monoisotopic (exact) mass is 320 g/mol. The zero-order chi connectivity index (χ0) is 17.3. The molecule has 1 heterocycles. The van der Waals surface area contributed by atoms with Crippen LogP contribution in [0.5, 0.6) is 0 Å². The highest BCUT2D eigenvalue weighted by atomic mass is 16.1. The molecule has 3 nitrogen and oxygen atoms in total. The summed E-state index contributed by atoms with van der Waals surface area (Å²) in [5, 5.41) is 3.35. The van der Waals surface area contributed by atoms with Crippen molar-refractivity contribution in [3.05, 3.63) is 75.6 Å². The number of rotatable bonds is 4. The standard InChI is InChI=1S/C21H24N2O/c1-14(2)11-19-20(17-9-5-7-15(3)12-17)22-23(21(19)24)18-10-6-8-16(4)13-18/h5-10,12-14,22H,11H2,1-4H3. The Morgan fingerprint density at radius 1 is 1.00 bits per heavy atom. The number of nitrogens with zero attached hydrogens (tertiary/aromatic N) is 1. The number of nitrogens with one attached hydrogen (secondary N) is 1. The van der Waals surface area contributed by atoms with Crippen LogP contribution in [0.15, 0.2) is 53.3 Å². The van der Waals surface area contributed by atoms with Crippen LogP contribution in [0.2, 0.25) is 0 Å². The van der Waals surface area contributed by atoms with Crippen LogP contribution < -0.4 is 5.56 Å². The van der Waals surface area contributed by atoms with E-state index in [1.165, 1.54) is 5.56 Å². The molecule has 3 aromatic rings. The van der Waals surface area contributed by atoms with Crippen LogP contribution in [-0.4, -0.2) is 9.78 Å². The summed E-state index contributed by atoms with van der Waals surface area (Å²) in [6, 6.07) is 16.3. The average Bonchev–Trinajstić information content (AvgIpc) is 2.84. The van der Waals surface area contributed by atoms with Crippen LogP contribution in [0.3, 0.4) is 0 Å². The molecule has 0 saturated carbocycles. The third kappa shape index (κ3) is 3.21. The van der Waals surface area contributed by atoms with E-state index in [-0.39, 0.29) is 5.56 Å². The van der Waals surface area contributed by atoms with E-state index in [0.29, 0.717) is 5.92 Å². The summed E-state index contributed by atoms with van der Waals surface area (Å²) in [4.78, 5) is 13.0. The van der Waals surface area contributed by atoms with Gasteiger partial charge in [0.2, 0.25) is 0 Å². The van der Waals surface area contributed by atoms with Gasteiger partial charge >= 0.3 is 0 Å². The van der Waals surface area contributed by atoms with Gasteiger partial charge in [-0.25, -0.2) is 4.68 Å². The molecule has 0 bridgehead atoms. The average molecular weight is 320 g/mol. The summed E-state index contributed by atoms with van der Waals surface area (Å²) in [6.45, 7) is 8.39. The third-order valence-electron chi connectivity index (χ3n) is 4.17. The van der Waals surface area contributed by atoms with Crippen molar-refractivity contribution >= 4 is 0 Å². The smallest absolute Gasteiger partial charge is 0.275 e. The minimum atomic E-state index is 0.0470. The van der Waals surface area contributed by atoms with E-state index in [1.54, 1.807) is 4.68 Å². The van der Waals surface area contributed by atoms with Crippen molar-refractivity contribution in [3.8, 4) is 16.9 Å². The molecule has 0 aliphatic heterocycles. The van der Waals surface area contributed by atoms with Crippen LogP contribution in [0.25, 0.3) is 16.9 Å².